The number of benzene rings is 1. The van der Waals surface area contributed by atoms with Crippen LogP contribution in [0.5, 0.6) is 0 Å². The summed E-state index contributed by atoms with van der Waals surface area (Å²) in [6, 6.07) is 11.1. The summed E-state index contributed by atoms with van der Waals surface area (Å²) >= 11 is 0. The molecule has 2 fully saturated rings. The second-order valence-electron chi connectivity index (χ2n) is 9.65. The fourth-order valence-corrected chi connectivity index (χ4v) is 6.01. The number of nitrogen functional groups attached to an aromatic ring is 1. The molecule has 0 saturated carbocycles. The largest absolute Gasteiger partial charge is 0.386 e. The normalized spacial score (nSPS) is 23.2. The first-order valence-electron chi connectivity index (χ1n) is 11.7. The van der Waals surface area contributed by atoms with E-state index in [0.717, 1.165) is 24.3 Å². The molecule has 34 heavy (non-hydrogen) atoms. The Morgan fingerprint density at radius 1 is 1.15 bits per heavy atom. The first-order valence-corrected chi connectivity index (χ1v) is 13.1. The Morgan fingerprint density at radius 2 is 1.88 bits per heavy atom. The van der Waals surface area contributed by atoms with E-state index in [4.69, 9.17) is 10.5 Å². The van der Waals surface area contributed by atoms with Gasteiger partial charge in [0.05, 0.1) is 24.9 Å². The van der Waals surface area contributed by atoms with Crippen LogP contribution in [-0.2, 0) is 20.4 Å². The zero-order valence-corrected chi connectivity index (χ0v) is 20.9. The molecule has 2 saturated heterocycles. The highest BCUT2D eigenvalue weighted by Gasteiger charge is 2.36. The highest BCUT2D eigenvalue weighted by atomic mass is 32.2. The molecule has 10 heteroatoms. The monoisotopic (exact) mass is 489 g/mol. The third-order valence-electron chi connectivity index (χ3n) is 6.70. The van der Waals surface area contributed by atoms with Crippen molar-refractivity contribution in [2.45, 2.75) is 43.4 Å². The van der Waals surface area contributed by atoms with Gasteiger partial charge in [0.25, 0.3) is 0 Å². The Bertz CT molecular complexity index is 1070. The maximum absolute atomic E-state index is 13.4. The van der Waals surface area contributed by atoms with Crippen molar-refractivity contribution in [3.05, 3.63) is 48.2 Å². The molecule has 0 radical (unpaired) electrons. The van der Waals surface area contributed by atoms with Gasteiger partial charge in [-0.2, -0.15) is 4.31 Å². The molecule has 0 amide bonds. The molecule has 3 heterocycles. The van der Waals surface area contributed by atoms with Crippen LogP contribution in [-0.4, -0.2) is 85.7 Å². The van der Waals surface area contributed by atoms with Crippen molar-refractivity contribution in [1.29, 1.82) is 0 Å². The average molecular weight is 490 g/mol. The maximum atomic E-state index is 13.4. The Balaban J connectivity index is 1.60. The SMILES string of the molecule is C[C@H]1COCCN1C[C@H]1CN(S(=O)(=O)c2ccc(N)nc2)CCN1c1ccc(C(C)(C)O)cc1. The Kier molecular flexibility index (Phi) is 7.16. The predicted octanol–water partition coefficient (Wildman–Crippen LogP) is 1.49. The molecule has 2 aliphatic heterocycles. The number of aliphatic hydroxyl groups is 1. The van der Waals surface area contributed by atoms with Crippen LogP contribution < -0.4 is 10.6 Å². The predicted molar refractivity (Wildman–Crippen MR) is 132 cm³/mol. The van der Waals surface area contributed by atoms with E-state index in [0.29, 0.717) is 32.8 Å². The topological polar surface area (TPSA) is 112 Å². The van der Waals surface area contributed by atoms with Crippen LogP contribution in [0.15, 0.2) is 47.5 Å². The van der Waals surface area contributed by atoms with Crippen LogP contribution in [0.4, 0.5) is 11.5 Å². The molecule has 1 aromatic carbocycles. The summed E-state index contributed by atoms with van der Waals surface area (Å²) in [4.78, 5) is 8.78. The van der Waals surface area contributed by atoms with Crippen molar-refractivity contribution in [3.8, 4) is 0 Å². The number of ether oxygens (including phenoxy) is 1. The molecule has 186 valence electrons. The smallest absolute Gasteiger partial charge is 0.244 e. The Hall–Kier alpha value is -2.24. The number of pyridine rings is 1. The molecule has 2 atom stereocenters. The van der Waals surface area contributed by atoms with Crippen LogP contribution in [0.2, 0.25) is 0 Å². The van der Waals surface area contributed by atoms with Crippen molar-refractivity contribution < 1.29 is 18.3 Å². The van der Waals surface area contributed by atoms with Gasteiger partial charge in [0.1, 0.15) is 10.7 Å². The second-order valence-corrected chi connectivity index (χ2v) is 11.6. The minimum atomic E-state index is -3.69. The molecule has 0 aliphatic carbocycles. The van der Waals surface area contributed by atoms with Gasteiger partial charge in [0, 0.05) is 50.6 Å². The van der Waals surface area contributed by atoms with Crippen LogP contribution in [0.25, 0.3) is 0 Å². The number of morpholine rings is 1. The summed E-state index contributed by atoms with van der Waals surface area (Å²) in [7, 11) is -3.69. The molecule has 2 aliphatic rings. The van der Waals surface area contributed by atoms with Gasteiger partial charge >= 0.3 is 0 Å². The lowest BCUT2D eigenvalue weighted by atomic mass is 9.98. The van der Waals surface area contributed by atoms with Gasteiger partial charge < -0.3 is 20.5 Å². The lowest BCUT2D eigenvalue weighted by molar-refractivity contribution is -0.00446. The van der Waals surface area contributed by atoms with Gasteiger partial charge in [0.2, 0.25) is 10.0 Å². The molecule has 0 bridgehead atoms. The quantitative estimate of drug-likeness (QED) is 0.628. The van der Waals surface area contributed by atoms with Gasteiger partial charge in [-0.3, -0.25) is 4.90 Å². The number of rotatable bonds is 6. The summed E-state index contributed by atoms with van der Waals surface area (Å²) < 4.78 is 33.9. The molecule has 1 aromatic heterocycles. The number of aromatic nitrogens is 1. The third kappa shape index (κ3) is 5.36. The first-order chi connectivity index (χ1) is 16.1. The van der Waals surface area contributed by atoms with E-state index in [1.54, 1.807) is 18.2 Å². The van der Waals surface area contributed by atoms with Gasteiger partial charge in [-0.1, -0.05) is 12.1 Å². The van der Waals surface area contributed by atoms with E-state index in [-0.39, 0.29) is 22.8 Å². The molecule has 9 nitrogen and oxygen atoms in total. The third-order valence-corrected chi connectivity index (χ3v) is 8.55. The number of piperazine rings is 1. The number of hydrogen-bond acceptors (Lipinski definition) is 8. The molecule has 3 N–H and O–H groups in total. The zero-order chi connectivity index (χ0) is 24.5. The Morgan fingerprint density at radius 3 is 2.50 bits per heavy atom. The number of hydrogen-bond donors (Lipinski definition) is 2. The minimum absolute atomic E-state index is 0.0428. The second kappa shape index (κ2) is 9.79. The molecule has 4 rings (SSSR count). The summed E-state index contributed by atoms with van der Waals surface area (Å²) in [5.74, 6) is 0.289. The lowest BCUT2D eigenvalue weighted by Crippen LogP contribution is -2.60. The number of sulfonamides is 1. The molecular weight excluding hydrogens is 454 g/mol. The Labute approximate surface area is 202 Å². The van der Waals surface area contributed by atoms with Crippen molar-refractivity contribution in [1.82, 2.24) is 14.2 Å². The maximum Gasteiger partial charge on any atom is 0.244 e. The molecule has 0 spiro atoms. The van der Waals surface area contributed by atoms with Gasteiger partial charge in [-0.25, -0.2) is 13.4 Å². The van der Waals surface area contributed by atoms with E-state index in [1.165, 1.54) is 18.3 Å². The van der Waals surface area contributed by atoms with E-state index >= 15 is 0 Å². The molecule has 2 aromatic rings. The van der Waals surface area contributed by atoms with Crippen molar-refractivity contribution in [3.63, 3.8) is 0 Å². The standard InChI is InChI=1S/C24H35N5O4S/c1-18-17-33-13-12-27(18)15-21-16-28(34(31,32)22-8-9-23(25)26-14-22)10-11-29(21)20-6-4-19(5-7-20)24(2,3)30/h4-9,14,18,21,30H,10-13,15-17H2,1-3H3,(H2,25,26)/t18-,21-/m0/s1. The molecule has 0 unspecified atom stereocenters. The summed E-state index contributed by atoms with van der Waals surface area (Å²) in [5.41, 5.74) is 6.59. The summed E-state index contributed by atoms with van der Waals surface area (Å²) in [6.07, 6.45) is 1.32. The number of nitrogens with two attached hydrogens (primary N) is 1. The van der Waals surface area contributed by atoms with E-state index < -0.39 is 15.6 Å². The summed E-state index contributed by atoms with van der Waals surface area (Å²) in [6.45, 7) is 9.86. The first kappa shape index (κ1) is 24.9. The lowest BCUT2D eigenvalue weighted by Gasteiger charge is -2.45. The fraction of sp³-hybridized carbons (Fsp3) is 0.542. The van der Waals surface area contributed by atoms with Crippen LogP contribution in [0.3, 0.4) is 0 Å². The summed E-state index contributed by atoms with van der Waals surface area (Å²) in [5, 5.41) is 10.3. The number of nitrogens with zero attached hydrogens (tertiary/aromatic N) is 4. The van der Waals surface area contributed by atoms with Gasteiger partial charge in [0.15, 0.2) is 0 Å². The minimum Gasteiger partial charge on any atom is -0.386 e. The highest BCUT2D eigenvalue weighted by molar-refractivity contribution is 7.89. The zero-order valence-electron chi connectivity index (χ0n) is 20.1. The van der Waals surface area contributed by atoms with Crippen LogP contribution in [0, 0.1) is 0 Å². The number of anilines is 2. The van der Waals surface area contributed by atoms with Gasteiger partial charge in [-0.05, 0) is 50.6 Å². The van der Waals surface area contributed by atoms with Crippen molar-refractivity contribution in [2.24, 2.45) is 0 Å². The van der Waals surface area contributed by atoms with Crippen molar-refractivity contribution >= 4 is 21.5 Å². The van der Waals surface area contributed by atoms with Gasteiger partial charge in [-0.15, -0.1) is 0 Å². The molecular formula is C24H35N5O4S. The fourth-order valence-electron chi connectivity index (χ4n) is 4.60. The van der Waals surface area contributed by atoms with Crippen LogP contribution in [0.1, 0.15) is 26.3 Å². The van der Waals surface area contributed by atoms with E-state index in [9.17, 15) is 13.5 Å². The van der Waals surface area contributed by atoms with Crippen molar-refractivity contribution in [2.75, 3.05) is 56.6 Å². The van der Waals surface area contributed by atoms with Crippen LogP contribution >= 0.6 is 0 Å². The van der Waals surface area contributed by atoms with E-state index in [1.807, 2.05) is 24.3 Å². The van der Waals surface area contributed by atoms with E-state index in [2.05, 4.69) is 21.7 Å². The average Bonchev–Trinajstić information content (AvgIpc) is 2.80. The highest BCUT2D eigenvalue weighted by Crippen LogP contribution is 2.28.